The van der Waals surface area contributed by atoms with Crippen molar-refractivity contribution in [3.63, 3.8) is 0 Å². The lowest BCUT2D eigenvalue weighted by Gasteiger charge is -2.02. The lowest BCUT2D eigenvalue weighted by molar-refractivity contribution is 0.248. The van der Waals surface area contributed by atoms with Crippen molar-refractivity contribution in [3.8, 4) is 0 Å². The summed E-state index contributed by atoms with van der Waals surface area (Å²) in [6, 6.07) is -1.04. The topological polar surface area (TPSA) is 110 Å². The highest BCUT2D eigenvalue weighted by atomic mass is 32.2. The van der Waals surface area contributed by atoms with E-state index in [2.05, 4.69) is 10.6 Å². The lowest BCUT2D eigenvalue weighted by Crippen LogP contribution is -2.32. The summed E-state index contributed by atoms with van der Waals surface area (Å²) >= 11 is 1.60. The number of hydrogen-bond donors (Lipinski definition) is 4. The molecule has 0 saturated heterocycles. The molecule has 6 N–H and O–H groups in total. The molecule has 0 aliphatic rings. The zero-order valence-electron chi connectivity index (χ0n) is 7.21. The minimum absolute atomic E-state index is 0.518. The fourth-order valence-corrected chi connectivity index (χ4v) is 1.29. The molecular formula is C6H14N4O2S. The van der Waals surface area contributed by atoms with Gasteiger partial charge in [-0.05, 0) is 0 Å². The molecule has 0 aromatic heterocycles. The van der Waals surface area contributed by atoms with Crippen molar-refractivity contribution in [2.45, 2.75) is 0 Å². The zero-order valence-corrected chi connectivity index (χ0v) is 8.02. The summed E-state index contributed by atoms with van der Waals surface area (Å²) in [6.45, 7) is 1.08. The maximum Gasteiger partial charge on any atom is 0.312 e. The van der Waals surface area contributed by atoms with Crippen LogP contribution in [0, 0.1) is 0 Å². The second kappa shape index (κ2) is 7.53. The molecule has 6 nitrogen and oxygen atoms in total. The Morgan fingerprint density at radius 3 is 1.69 bits per heavy atom. The summed E-state index contributed by atoms with van der Waals surface area (Å²) in [6.07, 6.45) is 0. The summed E-state index contributed by atoms with van der Waals surface area (Å²) in [5.41, 5.74) is 9.68. The molecule has 13 heavy (non-hydrogen) atoms. The predicted molar refractivity (Wildman–Crippen MR) is 52.5 cm³/mol. The van der Waals surface area contributed by atoms with Gasteiger partial charge in [-0.25, -0.2) is 9.59 Å². The van der Waals surface area contributed by atoms with E-state index in [9.17, 15) is 9.59 Å². The molecule has 0 aromatic carbocycles. The Morgan fingerprint density at radius 2 is 1.38 bits per heavy atom. The molecule has 0 rings (SSSR count). The van der Waals surface area contributed by atoms with Gasteiger partial charge in [-0.3, -0.25) is 0 Å². The minimum Gasteiger partial charge on any atom is -0.352 e. The van der Waals surface area contributed by atoms with E-state index in [1.54, 1.807) is 11.8 Å². The SMILES string of the molecule is NC(=O)NCCSCCNC(N)=O. The number of primary amides is 2. The first kappa shape index (κ1) is 11.9. The third-order valence-electron chi connectivity index (χ3n) is 1.09. The molecule has 0 radical (unpaired) electrons. The van der Waals surface area contributed by atoms with Crippen LogP contribution in [0.1, 0.15) is 0 Å². The highest BCUT2D eigenvalue weighted by molar-refractivity contribution is 7.99. The Hall–Kier alpha value is -1.11. The highest BCUT2D eigenvalue weighted by Gasteiger charge is 1.93. The largest absolute Gasteiger partial charge is 0.352 e. The van der Waals surface area contributed by atoms with Gasteiger partial charge >= 0.3 is 12.1 Å². The summed E-state index contributed by atoms with van der Waals surface area (Å²) in [5, 5.41) is 4.90. The molecule has 0 aliphatic carbocycles. The number of nitrogens with one attached hydrogen (secondary N) is 2. The molecule has 0 spiro atoms. The smallest absolute Gasteiger partial charge is 0.312 e. The van der Waals surface area contributed by atoms with E-state index in [-0.39, 0.29) is 0 Å². The van der Waals surface area contributed by atoms with Crippen LogP contribution in [0.5, 0.6) is 0 Å². The van der Waals surface area contributed by atoms with Crippen LogP contribution in [0.4, 0.5) is 9.59 Å². The van der Waals surface area contributed by atoms with Crippen molar-refractivity contribution in [1.82, 2.24) is 10.6 Å². The second-order valence-corrected chi connectivity index (χ2v) is 3.42. The molecule has 0 aliphatic heterocycles. The van der Waals surface area contributed by atoms with Gasteiger partial charge in [0.15, 0.2) is 0 Å². The lowest BCUT2D eigenvalue weighted by atomic mass is 10.7. The van der Waals surface area contributed by atoms with Crippen LogP contribution in [0.25, 0.3) is 0 Å². The Bertz CT molecular complexity index is 158. The summed E-state index contributed by atoms with van der Waals surface area (Å²) in [4.78, 5) is 20.4. The van der Waals surface area contributed by atoms with Crippen molar-refractivity contribution in [2.75, 3.05) is 24.6 Å². The number of urea groups is 2. The van der Waals surface area contributed by atoms with Gasteiger partial charge in [0.1, 0.15) is 0 Å². The first-order chi connectivity index (χ1) is 6.13. The highest BCUT2D eigenvalue weighted by Crippen LogP contribution is 1.95. The number of amides is 4. The van der Waals surface area contributed by atoms with Gasteiger partial charge in [-0.1, -0.05) is 0 Å². The molecule has 0 heterocycles. The molecule has 0 bridgehead atoms. The van der Waals surface area contributed by atoms with Crippen LogP contribution < -0.4 is 22.1 Å². The Labute approximate surface area is 80.8 Å². The summed E-state index contributed by atoms with van der Waals surface area (Å²) in [7, 11) is 0. The second-order valence-electron chi connectivity index (χ2n) is 2.19. The van der Waals surface area contributed by atoms with Gasteiger partial charge in [-0.2, -0.15) is 11.8 Å². The molecule has 76 valence electrons. The maximum absolute atomic E-state index is 10.2. The number of carbonyl (C=O) groups excluding carboxylic acids is 2. The normalized spacial score (nSPS) is 9.23. The van der Waals surface area contributed by atoms with Crippen molar-refractivity contribution in [3.05, 3.63) is 0 Å². The van der Waals surface area contributed by atoms with E-state index in [4.69, 9.17) is 11.5 Å². The number of carbonyl (C=O) groups is 2. The van der Waals surface area contributed by atoms with Gasteiger partial charge in [0.2, 0.25) is 0 Å². The zero-order chi connectivity index (χ0) is 10.1. The van der Waals surface area contributed by atoms with Gasteiger partial charge < -0.3 is 22.1 Å². The first-order valence-corrected chi connectivity index (χ1v) is 4.92. The average Bonchev–Trinajstić information content (AvgIpc) is 2.01. The van der Waals surface area contributed by atoms with Crippen LogP contribution in [0.2, 0.25) is 0 Å². The molecule has 0 atom stereocenters. The average molecular weight is 206 g/mol. The van der Waals surface area contributed by atoms with E-state index >= 15 is 0 Å². The number of thioether (sulfide) groups is 1. The number of nitrogens with two attached hydrogens (primary N) is 2. The van der Waals surface area contributed by atoms with E-state index in [1.165, 1.54) is 0 Å². The van der Waals surface area contributed by atoms with Crippen molar-refractivity contribution in [2.24, 2.45) is 11.5 Å². The molecular weight excluding hydrogens is 192 g/mol. The molecule has 4 amide bonds. The van der Waals surface area contributed by atoms with Crippen molar-refractivity contribution in [1.29, 1.82) is 0 Å². The fourth-order valence-electron chi connectivity index (χ4n) is 0.595. The van der Waals surface area contributed by atoms with E-state index in [1.807, 2.05) is 0 Å². The third-order valence-corrected chi connectivity index (χ3v) is 2.08. The molecule has 0 fully saturated rings. The van der Waals surface area contributed by atoms with Gasteiger partial charge in [0, 0.05) is 24.6 Å². The molecule has 0 unspecified atom stereocenters. The van der Waals surface area contributed by atoms with Crippen molar-refractivity contribution < 1.29 is 9.59 Å². The quantitative estimate of drug-likeness (QED) is 0.421. The Balaban J connectivity index is 3.00. The van der Waals surface area contributed by atoms with Crippen LogP contribution in [0.15, 0.2) is 0 Å². The van der Waals surface area contributed by atoms with Crippen LogP contribution >= 0.6 is 11.8 Å². The third kappa shape index (κ3) is 10.9. The molecule has 7 heteroatoms. The Kier molecular flexibility index (Phi) is 6.89. The fraction of sp³-hybridized carbons (Fsp3) is 0.667. The Morgan fingerprint density at radius 1 is 1.00 bits per heavy atom. The van der Waals surface area contributed by atoms with E-state index in [0.29, 0.717) is 13.1 Å². The summed E-state index contributed by atoms with van der Waals surface area (Å²) < 4.78 is 0. The van der Waals surface area contributed by atoms with Gasteiger partial charge in [0.25, 0.3) is 0 Å². The monoisotopic (exact) mass is 206 g/mol. The van der Waals surface area contributed by atoms with Crippen molar-refractivity contribution >= 4 is 23.8 Å². The van der Waals surface area contributed by atoms with E-state index in [0.717, 1.165) is 11.5 Å². The first-order valence-electron chi connectivity index (χ1n) is 3.77. The number of hydrogen-bond acceptors (Lipinski definition) is 3. The number of rotatable bonds is 6. The van der Waals surface area contributed by atoms with Crippen LogP contribution in [-0.2, 0) is 0 Å². The minimum atomic E-state index is -0.518. The van der Waals surface area contributed by atoms with Gasteiger partial charge in [-0.15, -0.1) is 0 Å². The molecule has 0 saturated carbocycles. The maximum atomic E-state index is 10.2. The van der Waals surface area contributed by atoms with Crippen LogP contribution in [0.3, 0.4) is 0 Å². The van der Waals surface area contributed by atoms with E-state index < -0.39 is 12.1 Å². The van der Waals surface area contributed by atoms with Crippen LogP contribution in [-0.4, -0.2) is 36.7 Å². The van der Waals surface area contributed by atoms with Gasteiger partial charge in [0.05, 0.1) is 0 Å². The summed E-state index contributed by atoms with van der Waals surface area (Å²) in [5.74, 6) is 1.53. The molecule has 0 aromatic rings. The predicted octanol–water partition coefficient (Wildman–Crippen LogP) is -0.944. The standard InChI is InChI=1S/C6H14N4O2S/c7-5(11)9-1-3-13-4-2-10-6(8)12/h1-4H2,(H3,7,9,11)(H3,8,10,12).